The highest BCUT2D eigenvalue weighted by atomic mass is 16.3. The van der Waals surface area contributed by atoms with Crippen LogP contribution in [0.3, 0.4) is 0 Å². The zero-order valence-corrected chi connectivity index (χ0v) is 15.5. The molecule has 0 unspecified atom stereocenters. The Morgan fingerprint density at radius 1 is 1.19 bits per heavy atom. The largest absolute Gasteiger partial charge is 0.392 e. The van der Waals surface area contributed by atoms with E-state index in [1.807, 2.05) is 30.3 Å². The molecular formula is C22H26N2O3. The van der Waals surface area contributed by atoms with Crippen LogP contribution in [0.4, 0.5) is 0 Å². The number of pyridine rings is 1. The van der Waals surface area contributed by atoms with Crippen molar-refractivity contribution in [2.24, 2.45) is 5.92 Å². The van der Waals surface area contributed by atoms with Gasteiger partial charge < -0.3 is 15.0 Å². The first-order valence-electron chi connectivity index (χ1n) is 9.88. The third-order valence-electron chi connectivity index (χ3n) is 5.98. The standard InChI is InChI=1S/C22H26N2O3/c25-20(13-15-5-2-1-3-6-15)16-9-11-24(12-10-16)22(27)18-14-17-7-4-8-19(17)23-21(18)26/h1-3,5-6,14,16,20,25H,4,7-13H2,(H,23,26)/t20-/m0/s1. The van der Waals surface area contributed by atoms with Crippen LogP contribution >= 0.6 is 0 Å². The van der Waals surface area contributed by atoms with Gasteiger partial charge in [-0.25, -0.2) is 0 Å². The molecule has 1 fully saturated rings. The van der Waals surface area contributed by atoms with Crippen LogP contribution in [0.1, 0.15) is 46.4 Å². The van der Waals surface area contributed by atoms with Gasteiger partial charge in [-0.15, -0.1) is 0 Å². The molecule has 5 heteroatoms. The summed E-state index contributed by atoms with van der Waals surface area (Å²) >= 11 is 0. The summed E-state index contributed by atoms with van der Waals surface area (Å²) in [5, 5.41) is 10.6. The number of aliphatic hydroxyl groups excluding tert-OH is 1. The zero-order valence-electron chi connectivity index (χ0n) is 15.5. The van der Waals surface area contributed by atoms with Crippen LogP contribution in [-0.2, 0) is 19.3 Å². The minimum Gasteiger partial charge on any atom is -0.392 e. The molecule has 5 nitrogen and oxygen atoms in total. The topological polar surface area (TPSA) is 73.4 Å². The quantitative estimate of drug-likeness (QED) is 0.872. The van der Waals surface area contributed by atoms with E-state index >= 15 is 0 Å². The molecule has 1 atom stereocenters. The Bertz CT molecular complexity index is 867. The normalized spacial score (nSPS) is 18.3. The summed E-state index contributed by atoms with van der Waals surface area (Å²) in [6.45, 7) is 1.18. The number of aliphatic hydroxyl groups is 1. The van der Waals surface area contributed by atoms with Crippen LogP contribution in [0.5, 0.6) is 0 Å². The highest BCUT2D eigenvalue weighted by Crippen LogP contribution is 2.25. The number of hydrogen-bond donors (Lipinski definition) is 2. The van der Waals surface area contributed by atoms with E-state index in [2.05, 4.69) is 4.98 Å². The number of hydrogen-bond acceptors (Lipinski definition) is 3. The maximum absolute atomic E-state index is 12.8. The second kappa shape index (κ2) is 7.69. The molecule has 2 aromatic rings. The number of carbonyl (C=O) groups is 1. The van der Waals surface area contributed by atoms with E-state index in [0.29, 0.717) is 19.5 Å². The van der Waals surface area contributed by atoms with Gasteiger partial charge >= 0.3 is 0 Å². The fourth-order valence-electron chi connectivity index (χ4n) is 4.35. The zero-order chi connectivity index (χ0) is 18.8. The number of amides is 1. The van der Waals surface area contributed by atoms with Gasteiger partial charge in [-0.2, -0.15) is 0 Å². The number of rotatable bonds is 4. The van der Waals surface area contributed by atoms with Gasteiger partial charge in [-0.1, -0.05) is 30.3 Å². The summed E-state index contributed by atoms with van der Waals surface area (Å²) in [7, 11) is 0. The average Bonchev–Trinajstić information content (AvgIpc) is 3.15. The Labute approximate surface area is 159 Å². The van der Waals surface area contributed by atoms with E-state index in [-0.39, 0.29) is 22.9 Å². The summed E-state index contributed by atoms with van der Waals surface area (Å²) in [5.74, 6) is 0.00881. The highest BCUT2D eigenvalue weighted by molar-refractivity contribution is 5.94. The van der Waals surface area contributed by atoms with Crippen LogP contribution < -0.4 is 5.56 Å². The molecule has 2 N–H and O–H groups in total. The number of H-pyrrole nitrogens is 1. The molecular weight excluding hydrogens is 340 g/mol. The van der Waals surface area contributed by atoms with Crippen LogP contribution in [-0.4, -0.2) is 40.1 Å². The Hall–Kier alpha value is -2.40. The number of aromatic nitrogens is 1. The van der Waals surface area contributed by atoms with Gasteiger partial charge in [-0.3, -0.25) is 9.59 Å². The number of nitrogens with zero attached hydrogens (tertiary/aromatic N) is 1. The van der Waals surface area contributed by atoms with Gasteiger partial charge in [0.05, 0.1) is 6.10 Å². The maximum Gasteiger partial charge on any atom is 0.261 e. The molecule has 2 aliphatic rings. The van der Waals surface area contributed by atoms with Gasteiger partial charge in [0.15, 0.2) is 0 Å². The molecule has 0 spiro atoms. The smallest absolute Gasteiger partial charge is 0.261 e. The van der Waals surface area contributed by atoms with Gasteiger partial charge in [0.25, 0.3) is 11.5 Å². The van der Waals surface area contributed by atoms with Crippen molar-refractivity contribution in [1.82, 2.24) is 9.88 Å². The molecule has 1 aliphatic heterocycles. The van der Waals surface area contributed by atoms with Crippen molar-refractivity contribution in [2.45, 2.75) is 44.6 Å². The van der Waals surface area contributed by atoms with Crippen molar-refractivity contribution in [1.29, 1.82) is 0 Å². The van der Waals surface area contributed by atoms with Crippen molar-refractivity contribution >= 4 is 5.91 Å². The van der Waals surface area contributed by atoms with E-state index in [9.17, 15) is 14.7 Å². The minimum absolute atomic E-state index is 0.179. The molecule has 1 aromatic carbocycles. The van der Waals surface area contributed by atoms with E-state index in [0.717, 1.165) is 48.9 Å². The van der Waals surface area contributed by atoms with Gasteiger partial charge in [0.2, 0.25) is 0 Å². The first-order chi connectivity index (χ1) is 13.1. The Balaban J connectivity index is 1.38. The summed E-state index contributed by atoms with van der Waals surface area (Å²) in [4.78, 5) is 29.8. The molecule has 4 rings (SSSR count). The predicted octanol–water partition coefficient (Wildman–Crippen LogP) is 2.32. The summed E-state index contributed by atoms with van der Waals surface area (Å²) < 4.78 is 0. The minimum atomic E-state index is -0.395. The van der Waals surface area contributed by atoms with Crippen LogP contribution in [0.25, 0.3) is 0 Å². The lowest BCUT2D eigenvalue weighted by Gasteiger charge is -2.34. The maximum atomic E-state index is 12.8. The van der Waals surface area contributed by atoms with E-state index < -0.39 is 6.10 Å². The molecule has 0 saturated carbocycles. The van der Waals surface area contributed by atoms with E-state index in [1.165, 1.54) is 0 Å². The number of piperidine rings is 1. The fraction of sp³-hybridized carbons (Fsp3) is 0.455. The molecule has 1 saturated heterocycles. The average molecular weight is 366 g/mol. The molecule has 0 radical (unpaired) electrons. The number of aromatic amines is 1. The predicted molar refractivity (Wildman–Crippen MR) is 104 cm³/mol. The fourth-order valence-corrected chi connectivity index (χ4v) is 4.35. The Kier molecular flexibility index (Phi) is 5.12. The molecule has 0 bridgehead atoms. The number of fused-ring (bicyclic) bond motifs is 1. The lowest BCUT2D eigenvalue weighted by Crippen LogP contribution is -2.43. The molecule has 1 aliphatic carbocycles. The SMILES string of the molecule is O=C(c1cc2c([nH]c1=O)CCC2)N1CCC([C@@H](O)Cc2ccccc2)CC1. The van der Waals surface area contributed by atoms with Crippen molar-refractivity contribution in [3.63, 3.8) is 0 Å². The third kappa shape index (κ3) is 3.83. The second-order valence-electron chi connectivity index (χ2n) is 7.76. The number of nitrogens with one attached hydrogen (secondary N) is 1. The molecule has 2 heterocycles. The lowest BCUT2D eigenvalue weighted by atomic mass is 9.87. The van der Waals surface area contributed by atoms with Crippen molar-refractivity contribution in [2.75, 3.05) is 13.1 Å². The molecule has 1 aromatic heterocycles. The van der Waals surface area contributed by atoms with Crippen molar-refractivity contribution in [3.05, 3.63) is 69.1 Å². The van der Waals surface area contributed by atoms with Crippen molar-refractivity contribution in [3.8, 4) is 0 Å². The number of benzene rings is 1. The van der Waals surface area contributed by atoms with Gasteiger partial charge in [-0.05, 0) is 61.6 Å². The molecule has 27 heavy (non-hydrogen) atoms. The number of aryl methyl sites for hydroxylation is 2. The monoisotopic (exact) mass is 366 g/mol. The second-order valence-corrected chi connectivity index (χ2v) is 7.76. The highest BCUT2D eigenvalue weighted by Gasteiger charge is 2.29. The van der Waals surface area contributed by atoms with Crippen LogP contribution in [0, 0.1) is 5.92 Å². The van der Waals surface area contributed by atoms with Crippen molar-refractivity contribution < 1.29 is 9.90 Å². The van der Waals surface area contributed by atoms with E-state index in [4.69, 9.17) is 0 Å². The third-order valence-corrected chi connectivity index (χ3v) is 5.98. The van der Waals surface area contributed by atoms with Crippen LogP contribution in [0.2, 0.25) is 0 Å². The lowest BCUT2D eigenvalue weighted by molar-refractivity contribution is 0.0466. The molecule has 1 amide bonds. The Morgan fingerprint density at radius 3 is 2.67 bits per heavy atom. The van der Waals surface area contributed by atoms with Gasteiger partial charge in [0.1, 0.15) is 5.56 Å². The summed E-state index contributed by atoms with van der Waals surface area (Å²) in [5.41, 5.74) is 3.21. The summed E-state index contributed by atoms with van der Waals surface area (Å²) in [6, 6.07) is 11.8. The number of likely N-dealkylation sites (tertiary alicyclic amines) is 1. The summed E-state index contributed by atoms with van der Waals surface area (Å²) in [6.07, 6.45) is 4.64. The number of carbonyl (C=O) groups excluding carboxylic acids is 1. The molecule has 142 valence electrons. The Morgan fingerprint density at radius 2 is 1.93 bits per heavy atom. The van der Waals surface area contributed by atoms with Crippen LogP contribution in [0.15, 0.2) is 41.2 Å². The van der Waals surface area contributed by atoms with Gasteiger partial charge in [0, 0.05) is 18.8 Å². The van der Waals surface area contributed by atoms with E-state index in [1.54, 1.807) is 11.0 Å². The first kappa shape index (κ1) is 18.0. The first-order valence-corrected chi connectivity index (χ1v) is 9.88.